The van der Waals surface area contributed by atoms with E-state index in [1.807, 2.05) is 26.0 Å². The van der Waals surface area contributed by atoms with Crippen molar-refractivity contribution in [3.8, 4) is 5.75 Å². The van der Waals surface area contributed by atoms with Gasteiger partial charge in [-0.15, -0.1) is 0 Å². The van der Waals surface area contributed by atoms with Crippen LogP contribution in [0.1, 0.15) is 29.5 Å². The van der Waals surface area contributed by atoms with E-state index in [9.17, 15) is 36.6 Å². The fourth-order valence-corrected chi connectivity index (χ4v) is 5.13. The second-order valence-electron chi connectivity index (χ2n) is 9.83. The van der Waals surface area contributed by atoms with Crippen molar-refractivity contribution in [2.45, 2.75) is 32.8 Å². The molecule has 0 aliphatic carbocycles. The fourth-order valence-electron chi connectivity index (χ4n) is 5.13. The predicted molar refractivity (Wildman–Crippen MR) is 133 cm³/mol. The lowest BCUT2D eigenvalue weighted by atomic mass is 9.73. The third-order valence-corrected chi connectivity index (χ3v) is 7.22. The molecule has 4 rings (SSSR count). The normalized spacial score (nSPS) is 20.2. The third-order valence-electron chi connectivity index (χ3n) is 7.22. The Morgan fingerprint density at radius 3 is 2.30 bits per heavy atom. The second-order valence-corrected chi connectivity index (χ2v) is 9.83. The number of hydrogen-bond donors (Lipinski definition) is 1. The topological polar surface area (TPSA) is 88.4 Å². The smallest absolute Gasteiger partial charge is 0.315 e. The molecule has 0 spiro atoms. The predicted octanol–water partition coefficient (Wildman–Crippen LogP) is 3.92. The first kappa shape index (κ1) is 29.3. The van der Waals surface area contributed by atoms with Gasteiger partial charge < -0.3 is 14.6 Å². The fraction of sp³-hybridized carbons (Fsp3) is 0.393. The molecule has 0 saturated heterocycles. The number of esters is 1. The number of hydrogen-bond acceptors (Lipinski definition) is 7. The maximum atomic E-state index is 15.0. The molecule has 0 amide bonds. The number of carbonyl (C=O) groups excluding carboxylic acids is 2. The van der Waals surface area contributed by atoms with Gasteiger partial charge in [-0.1, -0.05) is 12.1 Å². The molecule has 3 unspecified atom stereocenters. The first-order valence-corrected chi connectivity index (χ1v) is 12.4. The number of aryl methyl sites for hydroxylation is 1. The molecule has 2 heterocycles. The van der Waals surface area contributed by atoms with Gasteiger partial charge in [-0.2, -0.15) is 0 Å². The number of ketones is 1. The Kier molecular flexibility index (Phi) is 8.41. The van der Waals surface area contributed by atoms with Crippen molar-refractivity contribution in [1.29, 1.82) is 0 Å². The molecule has 2 aliphatic rings. The highest BCUT2D eigenvalue weighted by atomic mass is 19.2. The highest BCUT2D eigenvalue weighted by molar-refractivity contribution is 6.09. The second kappa shape index (κ2) is 11.5. The first-order valence-electron chi connectivity index (χ1n) is 12.4. The van der Waals surface area contributed by atoms with Crippen molar-refractivity contribution >= 4 is 17.5 Å². The number of carbonyl (C=O) groups is 2. The number of Topliss-reactive ketones (excluding diaryl/α,β-unsaturated/α-hetero) is 1. The summed E-state index contributed by atoms with van der Waals surface area (Å²) in [4.78, 5) is 31.8. The minimum Gasteiger partial charge on any atom is -0.491 e. The van der Waals surface area contributed by atoms with Crippen LogP contribution in [0.2, 0.25) is 0 Å². The molecule has 214 valence electrons. The quantitative estimate of drug-likeness (QED) is 0.237. The number of nitrogens with zero attached hydrogens (tertiary/aromatic N) is 2. The summed E-state index contributed by atoms with van der Waals surface area (Å²) in [6.07, 6.45) is -1.04. The number of aliphatic imine (C=N–C) groups is 1. The number of methoxy groups -OCH3 is 1. The summed E-state index contributed by atoms with van der Waals surface area (Å²) in [6, 6.07) is 5.49. The lowest BCUT2D eigenvalue weighted by molar-refractivity contribution is -0.143. The Hall–Kier alpha value is -3.64. The molecule has 0 fully saturated rings. The van der Waals surface area contributed by atoms with Crippen LogP contribution in [0.3, 0.4) is 0 Å². The van der Waals surface area contributed by atoms with E-state index >= 15 is 0 Å². The average molecular weight is 567 g/mol. The number of benzene rings is 2. The van der Waals surface area contributed by atoms with Gasteiger partial charge in [0.2, 0.25) is 5.82 Å². The van der Waals surface area contributed by atoms with E-state index in [1.165, 1.54) is 11.8 Å². The molecule has 12 heteroatoms. The largest absolute Gasteiger partial charge is 0.491 e. The maximum Gasteiger partial charge on any atom is 0.315 e. The van der Waals surface area contributed by atoms with Crippen molar-refractivity contribution in [3.05, 3.63) is 75.2 Å². The summed E-state index contributed by atoms with van der Waals surface area (Å²) in [6.45, 7) is 4.52. The molecule has 2 aromatic carbocycles. The molecule has 3 atom stereocenters. The van der Waals surface area contributed by atoms with Crippen molar-refractivity contribution in [2.24, 2.45) is 10.9 Å². The van der Waals surface area contributed by atoms with Crippen molar-refractivity contribution < 1.29 is 46.1 Å². The van der Waals surface area contributed by atoms with Gasteiger partial charge in [0, 0.05) is 35.9 Å². The zero-order valence-electron chi connectivity index (χ0n) is 22.2. The van der Waals surface area contributed by atoms with Crippen LogP contribution >= 0.6 is 0 Å². The molecular formula is C28H27F5N2O5. The number of β-amino-alcohol motifs (C(OH)–C–C–N with tert-alkyl or cyclic N) is 1. The van der Waals surface area contributed by atoms with E-state index in [-0.39, 0.29) is 43.2 Å². The Morgan fingerprint density at radius 1 is 1.05 bits per heavy atom. The summed E-state index contributed by atoms with van der Waals surface area (Å²) < 4.78 is 82.5. The van der Waals surface area contributed by atoms with Gasteiger partial charge in [0.25, 0.3) is 0 Å². The van der Waals surface area contributed by atoms with E-state index in [0.717, 1.165) is 18.2 Å². The van der Waals surface area contributed by atoms with Gasteiger partial charge in [0.15, 0.2) is 29.1 Å². The Balaban J connectivity index is 1.66. The van der Waals surface area contributed by atoms with Crippen LogP contribution in [0.25, 0.3) is 0 Å². The molecule has 1 N–H and O–H groups in total. The summed E-state index contributed by atoms with van der Waals surface area (Å²) in [7, 11) is 0.987. The minimum absolute atomic E-state index is 0.00880. The van der Waals surface area contributed by atoms with Crippen LogP contribution < -0.4 is 4.74 Å². The number of halogens is 5. The van der Waals surface area contributed by atoms with Gasteiger partial charge >= 0.3 is 5.97 Å². The molecular weight excluding hydrogens is 539 g/mol. The van der Waals surface area contributed by atoms with Crippen LogP contribution in [0.5, 0.6) is 5.75 Å². The van der Waals surface area contributed by atoms with Crippen LogP contribution in [0.15, 0.2) is 34.5 Å². The summed E-state index contributed by atoms with van der Waals surface area (Å²) >= 11 is 0. The Morgan fingerprint density at radius 2 is 1.68 bits per heavy atom. The summed E-state index contributed by atoms with van der Waals surface area (Å²) in [5.41, 5.74) is 0.216. The highest BCUT2D eigenvalue weighted by Crippen LogP contribution is 2.44. The van der Waals surface area contributed by atoms with Gasteiger partial charge in [-0.3, -0.25) is 19.5 Å². The summed E-state index contributed by atoms with van der Waals surface area (Å²) in [5.74, 6) is -15.7. The molecule has 0 aromatic heterocycles. The van der Waals surface area contributed by atoms with Crippen molar-refractivity contribution in [1.82, 2.24) is 4.90 Å². The van der Waals surface area contributed by atoms with E-state index in [4.69, 9.17) is 9.47 Å². The van der Waals surface area contributed by atoms with Gasteiger partial charge in [0.1, 0.15) is 24.4 Å². The standard InChI is InChI=1S/C28H27F5N2O5/c1-12-6-5-7-18(13(12)2)40-11-15(36)8-35-9-16-20(17(37)10-35)21(19(14(3)34-16)28(38)39-4)22-23(29)25(31)27(33)26(32)24(22)30/h5-7,15,19,21,36H,8-11H2,1-4H3. The van der Waals surface area contributed by atoms with Crippen LogP contribution in [0.4, 0.5) is 22.0 Å². The van der Waals surface area contributed by atoms with E-state index in [0.29, 0.717) is 5.75 Å². The third kappa shape index (κ3) is 5.25. The average Bonchev–Trinajstić information content (AvgIpc) is 2.91. The van der Waals surface area contributed by atoms with Gasteiger partial charge in [0.05, 0.1) is 19.4 Å². The molecule has 2 aromatic rings. The highest BCUT2D eigenvalue weighted by Gasteiger charge is 2.47. The number of aliphatic hydroxyl groups excluding tert-OH is 1. The SMILES string of the molecule is COC(=O)C1C(C)=NC2=C(C(=O)CN(CC(O)COc3cccc(C)c3C)C2)C1c1c(F)c(F)c(F)c(F)c1F. The lowest BCUT2D eigenvalue weighted by Gasteiger charge is -2.38. The van der Waals surface area contributed by atoms with Crippen molar-refractivity contribution in [3.63, 3.8) is 0 Å². The number of aliphatic hydroxyl groups is 1. The minimum atomic E-state index is -2.36. The molecule has 0 saturated carbocycles. The van der Waals surface area contributed by atoms with Crippen molar-refractivity contribution in [2.75, 3.05) is 33.4 Å². The molecule has 0 radical (unpaired) electrons. The van der Waals surface area contributed by atoms with Gasteiger partial charge in [-0.25, -0.2) is 22.0 Å². The van der Waals surface area contributed by atoms with E-state index < -0.39 is 64.3 Å². The van der Waals surface area contributed by atoms with Crippen LogP contribution in [-0.2, 0) is 14.3 Å². The Bertz CT molecular complexity index is 1410. The lowest BCUT2D eigenvalue weighted by Crippen LogP contribution is -2.47. The molecule has 0 bridgehead atoms. The number of ether oxygens (including phenoxy) is 2. The summed E-state index contributed by atoms with van der Waals surface area (Å²) in [5, 5.41) is 10.6. The Labute approximate surface area is 226 Å². The first-order chi connectivity index (χ1) is 18.9. The monoisotopic (exact) mass is 566 g/mol. The molecule has 40 heavy (non-hydrogen) atoms. The molecule has 2 aliphatic heterocycles. The molecule has 7 nitrogen and oxygen atoms in total. The zero-order valence-corrected chi connectivity index (χ0v) is 22.2. The van der Waals surface area contributed by atoms with E-state index in [2.05, 4.69) is 4.99 Å². The maximum absolute atomic E-state index is 15.0. The zero-order chi connectivity index (χ0) is 29.5. The van der Waals surface area contributed by atoms with Gasteiger partial charge in [-0.05, 0) is 38.0 Å². The van der Waals surface area contributed by atoms with Crippen LogP contribution in [0, 0.1) is 48.9 Å². The number of rotatable bonds is 7. The van der Waals surface area contributed by atoms with Crippen LogP contribution in [-0.4, -0.2) is 66.9 Å². The van der Waals surface area contributed by atoms with E-state index in [1.54, 1.807) is 6.07 Å².